The van der Waals surface area contributed by atoms with E-state index < -0.39 is 0 Å². The zero-order valence-electron chi connectivity index (χ0n) is 13.1. The highest BCUT2D eigenvalue weighted by molar-refractivity contribution is 5.07. The van der Waals surface area contributed by atoms with Gasteiger partial charge in [-0.25, -0.2) is 4.98 Å². The Hall–Kier alpha value is -1.68. The molecule has 4 nitrogen and oxygen atoms in total. The van der Waals surface area contributed by atoms with Crippen molar-refractivity contribution in [3.63, 3.8) is 0 Å². The van der Waals surface area contributed by atoms with Gasteiger partial charge in [-0.05, 0) is 31.5 Å². The molecule has 0 bridgehead atoms. The second-order valence-corrected chi connectivity index (χ2v) is 5.42. The Morgan fingerprint density at radius 1 is 1.10 bits per heavy atom. The van der Waals surface area contributed by atoms with Crippen LogP contribution in [0.4, 0.5) is 0 Å². The van der Waals surface area contributed by atoms with Crippen molar-refractivity contribution in [1.82, 2.24) is 19.9 Å². The number of nitrogens with one attached hydrogen (secondary N) is 1. The van der Waals surface area contributed by atoms with Crippen molar-refractivity contribution in [2.75, 3.05) is 6.54 Å². The summed E-state index contributed by atoms with van der Waals surface area (Å²) in [6.07, 6.45) is 10.0. The molecule has 0 radical (unpaired) electrons. The molecule has 2 rings (SSSR count). The van der Waals surface area contributed by atoms with Crippen LogP contribution in [-0.4, -0.2) is 27.1 Å². The number of nitrogens with zero attached hydrogens (tertiary/aromatic N) is 3. The maximum absolute atomic E-state index is 4.53. The zero-order chi connectivity index (χ0) is 14.9. The standard InChI is InChI=1S/C17H26N4/c1-3-8-18-16(13-15-7-5-6-9-19-15)14-17-20-10-12-21(17)11-4-2/h5-7,9-10,12,16,18H,3-4,8,11,13-14H2,1-2H3. The van der Waals surface area contributed by atoms with Gasteiger partial charge in [0.25, 0.3) is 0 Å². The van der Waals surface area contributed by atoms with Gasteiger partial charge in [0, 0.05) is 49.7 Å². The Labute approximate surface area is 127 Å². The van der Waals surface area contributed by atoms with Gasteiger partial charge in [-0.2, -0.15) is 0 Å². The quantitative estimate of drug-likeness (QED) is 0.771. The van der Waals surface area contributed by atoms with Crippen LogP contribution in [0.2, 0.25) is 0 Å². The lowest BCUT2D eigenvalue weighted by Gasteiger charge is -2.18. The summed E-state index contributed by atoms with van der Waals surface area (Å²) in [5.74, 6) is 1.17. The largest absolute Gasteiger partial charge is 0.335 e. The van der Waals surface area contributed by atoms with Gasteiger partial charge in [-0.3, -0.25) is 4.98 Å². The maximum Gasteiger partial charge on any atom is 0.110 e. The highest BCUT2D eigenvalue weighted by atomic mass is 15.1. The average molecular weight is 286 g/mol. The number of hydrogen-bond acceptors (Lipinski definition) is 3. The molecule has 4 heteroatoms. The highest BCUT2D eigenvalue weighted by Gasteiger charge is 2.13. The Bertz CT molecular complexity index is 507. The molecule has 0 spiro atoms. The van der Waals surface area contributed by atoms with E-state index in [1.165, 1.54) is 5.82 Å². The number of hydrogen-bond donors (Lipinski definition) is 1. The first-order valence-corrected chi connectivity index (χ1v) is 7.96. The topological polar surface area (TPSA) is 42.7 Å². The summed E-state index contributed by atoms with van der Waals surface area (Å²) in [6, 6.07) is 6.50. The van der Waals surface area contributed by atoms with Gasteiger partial charge in [0.1, 0.15) is 5.82 Å². The van der Waals surface area contributed by atoms with Crippen molar-refractivity contribution >= 4 is 0 Å². The van der Waals surface area contributed by atoms with Gasteiger partial charge >= 0.3 is 0 Å². The lowest BCUT2D eigenvalue weighted by Crippen LogP contribution is -2.35. The van der Waals surface area contributed by atoms with E-state index in [2.05, 4.69) is 52.0 Å². The maximum atomic E-state index is 4.53. The number of rotatable bonds is 9. The van der Waals surface area contributed by atoms with Crippen molar-refractivity contribution in [2.45, 2.75) is 52.1 Å². The van der Waals surface area contributed by atoms with Gasteiger partial charge < -0.3 is 9.88 Å². The smallest absolute Gasteiger partial charge is 0.110 e. The molecule has 1 N–H and O–H groups in total. The second kappa shape index (κ2) is 8.57. The minimum absolute atomic E-state index is 0.387. The Morgan fingerprint density at radius 3 is 2.71 bits per heavy atom. The first-order valence-electron chi connectivity index (χ1n) is 7.96. The number of imidazole rings is 1. The molecule has 21 heavy (non-hydrogen) atoms. The van der Waals surface area contributed by atoms with Gasteiger partial charge in [0.15, 0.2) is 0 Å². The Balaban J connectivity index is 2.03. The molecule has 2 aromatic heterocycles. The van der Waals surface area contributed by atoms with Crippen LogP contribution in [0.1, 0.15) is 38.2 Å². The van der Waals surface area contributed by atoms with Crippen LogP contribution >= 0.6 is 0 Å². The molecule has 2 heterocycles. The van der Waals surface area contributed by atoms with E-state index in [-0.39, 0.29) is 0 Å². The summed E-state index contributed by atoms with van der Waals surface area (Å²) < 4.78 is 2.26. The van der Waals surface area contributed by atoms with E-state index in [4.69, 9.17) is 0 Å². The third-order valence-electron chi connectivity index (χ3n) is 3.56. The molecule has 0 aliphatic carbocycles. The molecule has 0 saturated carbocycles. The molecular formula is C17H26N4. The molecule has 0 saturated heterocycles. The lowest BCUT2D eigenvalue weighted by molar-refractivity contribution is 0.479. The van der Waals surface area contributed by atoms with Crippen molar-refractivity contribution < 1.29 is 0 Å². The molecule has 2 aromatic rings. The lowest BCUT2D eigenvalue weighted by atomic mass is 10.1. The third-order valence-corrected chi connectivity index (χ3v) is 3.56. The van der Waals surface area contributed by atoms with Gasteiger partial charge in [0.05, 0.1) is 0 Å². The van der Waals surface area contributed by atoms with Crippen LogP contribution in [0, 0.1) is 0 Å². The molecule has 1 atom stereocenters. The summed E-state index contributed by atoms with van der Waals surface area (Å²) in [6.45, 7) is 6.47. The normalized spacial score (nSPS) is 12.5. The fourth-order valence-corrected chi connectivity index (χ4v) is 2.53. The van der Waals surface area contributed by atoms with Gasteiger partial charge in [-0.1, -0.05) is 19.9 Å². The van der Waals surface area contributed by atoms with E-state index in [9.17, 15) is 0 Å². The van der Waals surface area contributed by atoms with E-state index in [0.29, 0.717) is 6.04 Å². The van der Waals surface area contributed by atoms with Gasteiger partial charge in [-0.15, -0.1) is 0 Å². The van der Waals surface area contributed by atoms with Crippen LogP contribution in [0.5, 0.6) is 0 Å². The van der Waals surface area contributed by atoms with Crippen LogP contribution in [-0.2, 0) is 19.4 Å². The predicted octanol–water partition coefficient (Wildman–Crippen LogP) is 2.84. The number of aromatic nitrogens is 3. The van der Waals surface area contributed by atoms with Gasteiger partial charge in [0.2, 0.25) is 0 Å². The fourth-order valence-electron chi connectivity index (χ4n) is 2.53. The fraction of sp³-hybridized carbons (Fsp3) is 0.529. The molecule has 0 fully saturated rings. The summed E-state index contributed by atoms with van der Waals surface area (Å²) in [5, 5.41) is 3.63. The van der Waals surface area contributed by atoms with Crippen molar-refractivity contribution in [3.8, 4) is 0 Å². The first kappa shape index (κ1) is 15.7. The molecule has 1 unspecified atom stereocenters. The van der Waals surface area contributed by atoms with E-state index in [0.717, 1.165) is 44.5 Å². The first-order chi connectivity index (χ1) is 10.3. The van der Waals surface area contributed by atoms with Crippen LogP contribution in [0.25, 0.3) is 0 Å². The second-order valence-electron chi connectivity index (χ2n) is 5.42. The van der Waals surface area contributed by atoms with Crippen LogP contribution in [0.15, 0.2) is 36.8 Å². The third kappa shape index (κ3) is 4.97. The van der Waals surface area contributed by atoms with E-state index in [1.807, 2.05) is 18.5 Å². The van der Waals surface area contributed by atoms with E-state index >= 15 is 0 Å². The predicted molar refractivity (Wildman–Crippen MR) is 86.2 cm³/mol. The Kier molecular flexibility index (Phi) is 6.41. The zero-order valence-corrected chi connectivity index (χ0v) is 13.1. The summed E-state index contributed by atoms with van der Waals surface area (Å²) in [7, 11) is 0. The number of aryl methyl sites for hydroxylation is 1. The van der Waals surface area contributed by atoms with E-state index in [1.54, 1.807) is 0 Å². The van der Waals surface area contributed by atoms with Crippen LogP contribution in [0.3, 0.4) is 0 Å². The van der Waals surface area contributed by atoms with Crippen molar-refractivity contribution in [1.29, 1.82) is 0 Å². The molecule has 0 aliphatic heterocycles. The molecule has 0 amide bonds. The Morgan fingerprint density at radius 2 is 2.00 bits per heavy atom. The minimum atomic E-state index is 0.387. The summed E-state index contributed by atoms with van der Waals surface area (Å²) in [4.78, 5) is 8.97. The summed E-state index contributed by atoms with van der Waals surface area (Å²) in [5.41, 5.74) is 1.14. The molecule has 114 valence electrons. The number of pyridine rings is 1. The molecule has 0 aliphatic rings. The minimum Gasteiger partial charge on any atom is -0.335 e. The summed E-state index contributed by atoms with van der Waals surface area (Å²) >= 11 is 0. The van der Waals surface area contributed by atoms with Crippen molar-refractivity contribution in [2.24, 2.45) is 0 Å². The molecule has 0 aromatic carbocycles. The highest BCUT2D eigenvalue weighted by Crippen LogP contribution is 2.08. The average Bonchev–Trinajstić information content (AvgIpc) is 2.93. The van der Waals surface area contributed by atoms with Crippen LogP contribution < -0.4 is 5.32 Å². The molecular weight excluding hydrogens is 260 g/mol. The van der Waals surface area contributed by atoms with Crippen molar-refractivity contribution in [3.05, 3.63) is 48.3 Å². The monoisotopic (exact) mass is 286 g/mol. The SMILES string of the molecule is CCCNC(Cc1ccccn1)Cc1nccn1CCC.